The molecule has 1 unspecified atom stereocenters. The van der Waals surface area contributed by atoms with Crippen molar-refractivity contribution in [2.45, 2.75) is 18.9 Å². The fraction of sp³-hybridized carbons (Fsp3) is 0.333. The molecule has 0 aliphatic rings. The number of hydrazine groups is 1. The molecule has 12 heteroatoms. The van der Waals surface area contributed by atoms with Gasteiger partial charge in [0.2, 0.25) is 5.91 Å². The zero-order valence-electron chi connectivity index (χ0n) is 12.6. The van der Waals surface area contributed by atoms with E-state index in [1.807, 2.05) is 0 Å². The lowest BCUT2D eigenvalue weighted by atomic mass is 10.1. The summed E-state index contributed by atoms with van der Waals surface area (Å²) in [5.74, 6) is -0.712. The number of carbonyl (C=O) groups excluding carboxylic acids is 1. The fourth-order valence-electron chi connectivity index (χ4n) is 1.68. The van der Waals surface area contributed by atoms with E-state index in [0.717, 1.165) is 0 Å². The molecule has 0 radical (unpaired) electrons. The Bertz CT molecular complexity index is 631. The Labute approximate surface area is 136 Å². The molecule has 1 amide bonds. The number of hydrogen-bond donors (Lipinski definition) is 5. The molecule has 1 atom stereocenters. The Kier molecular flexibility index (Phi) is 7.03. The first-order valence-electron chi connectivity index (χ1n) is 6.83. The highest BCUT2D eigenvalue weighted by atomic mass is 16.7. The molecule has 130 valence electrons. The van der Waals surface area contributed by atoms with Crippen molar-refractivity contribution >= 4 is 23.2 Å². The molecule has 7 N–H and O–H groups in total. The van der Waals surface area contributed by atoms with Crippen molar-refractivity contribution in [1.82, 2.24) is 5.43 Å². The van der Waals surface area contributed by atoms with Gasteiger partial charge in [-0.3, -0.25) is 14.9 Å². The van der Waals surface area contributed by atoms with Gasteiger partial charge >= 0.3 is 5.03 Å². The van der Waals surface area contributed by atoms with Crippen LogP contribution in [0.4, 0.5) is 11.4 Å². The summed E-state index contributed by atoms with van der Waals surface area (Å²) in [5, 5.41) is 20.8. The Morgan fingerprint density at radius 3 is 2.50 bits per heavy atom. The summed E-state index contributed by atoms with van der Waals surface area (Å²) in [6.07, 6.45) is 0.720. The molecule has 0 bridgehead atoms. The first-order valence-corrected chi connectivity index (χ1v) is 6.83. The lowest BCUT2D eigenvalue weighted by molar-refractivity contribution is -0.822. The average molecular weight is 340 g/mol. The highest BCUT2D eigenvalue weighted by molar-refractivity contribution is 5.94. The molecule has 12 nitrogen and oxygen atoms in total. The van der Waals surface area contributed by atoms with Gasteiger partial charge in [0.05, 0.1) is 11.0 Å². The number of amides is 1. The van der Waals surface area contributed by atoms with Crippen molar-refractivity contribution in [2.75, 3.05) is 11.9 Å². The van der Waals surface area contributed by atoms with Crippen LogP contribution in [0, 0.1) is 15.0 Å². The number of hydrogen-bond acceptors (Lipinski definition) is 6. The van der Waals surface area contributed by atoms with E-state index in [1.165, 1.54) is 24.3 Å². The van der Waals surface area contributed by atoms with E-state index >= 15 is 0 Å². The number of nitrogens with one attached hydrogen (secondary N) is 2. The Morgan fingerprint density at radius 1 is 1.33 bits per heavy atom. The van der Waals surface area contributed by atoms with Crippen LogP contribution in [0.3, 0.4) is 0 Å². The van der Waals surface area contributed by atoms with Crippen molar-refractivity contribution in [3.63, 3.8) is 0 Å². The van der Waals surface area contributed by atoms with Crippen LogP contribution in [-0.2, 0) is 4.79 Å². The minimum absolute atomic E-state index is 0.0825. The van der Waals surface area contributed by atoms with Crippen molar-refractivity contribution < 1.29 is 20.0 Å². The van der Waals surface area contributed by atoms with Crippen LogP contribution in [-0.4, -0.2) is 39.6 Å². The monoisotopic (exact) mass is 340 g/mol. The predicted octanol–water partition coefficient (Wildman–Crippen LogP) is -0.372. The third-order valence-corrected chi connectivity index (χ3v) is 2.85. The largest absolute Gasteiger partial charge is 0.365 e. The molecule has 0 aliphatic heterocycles. The Morgan fingerprint density at radius 2 is 1.96 bits per heavy atom. The Hall–Kier alpha value is -3.28. The number of rotatable bonds is 8. The quantitative estimate of drug-likeness (QED) is 0.139. The molecule has 1 aromatic rings. The molecule has 0 aromatic heterocycles. The maximum atomic E-state index is 11.9. The highest BCUT2D eigenvalue weighted by Gasteiger charge is 2.14. The summed E-state index contributed by atoms with van der Waals surface area (Å²) in [6, 6.07) is 4.54. The first-order chi connectivity index (χ1) is 11.3. The van der Waals surface area contributed by atoms with Crippen LogP contribution in [0.1, 0.15) is 12.8 Å². The number of non-ortho nitro benzene ring substituents is 1. The van der Waals surface area contributed by atoms with Gasteiger partial charge in [-0.05, 0) is 30.4 Å². The van der Waals surface area contributed by atoms with Crippen molar-refractivity contribution in [2.24, 2.45) is 16.5 Å². The van der Waals surface area contributed by atoms with E-state index in [0.29, 0.717) is 18.5 Å². The third-order valence-electron chi connectivity index (χ3n) is 2.85. The van der Waals surface area contributed by atoms with E-state index in [1.54, 1.807) is 5.43 Å². The second kappa shape index (κ2) is 8.99. The molecular weight excluding hydrogens is 322 g/mol. The standard InChI is InChI=1S/C12H17N7O5/c13-10(2-1-7-15-12(14)17-19(23)24)11(20)16-8-3-5-9(6-4-8)18(21)22/h3-6,10H,1-2,7,13H2,(H4-,14,15,16,17,20,23,24)/p+1. The molecule has 1 aromatic carbocycles. The molecule has 0 heterocycles. The van der Waals surface area contributed by atoms with Gasteiger partial charge < -0.3 is 16.8 Å². The smallest absolute Gasteiger partial charge is 0.362 e. The zero-order chi connectivity index (χ0) is 18.1. The van der Waals surface area contributed by atoms with E-state index in [2.05, 4.69) is 10.3 Å². The molecule has 0 saturated carbocycles. The van der Waals surface area contributed by atoms with Crippen molar-refractivity contribution in [1.29, 1.82) is 0 Å². The molecular formula is C12H18N7O5+. The average Bonchev–Trinajstić information content (AvgIpc) is 2.51. The number of nitro benzene ring substituents is 1. The number of aliphatic imine (C=N–C) groups is 1. The normalized spacial score (nSPS) is 12.3. The molecule has 24 heavy (non-hydrogen) atoms. The van der Waals surface area contributed by atoms with Crippen LogP contribution >= 0.6 is 0 Å². The molecule has 0 spiro atoms. The third kappa shape index (κ3) is 6.65. The zero-order valence-corrected chi connectivity index (χ0v) is 12.6. The van der Waals surface area contributed by atoms with Gasteiger partial charge in [0.1, 0.15) is 4.91 Å². The first kappa shape index (κ1) is 18.8. The number of nitrogens with zero attached hydrogens (tertiary/aromatic N) is 3. The second-order valence-corrected chi connectivity index (χ2v) is 4.69. The summed E-state index contributed by atoms with van der Waals surface area (Å²) in [5.41, 5.74) is 13.1. The van der Waals surface area contributed by atoms with E-state index in [-0.39, 0.29) is 18.2 Å². The second-order valence-electron chi connectivity index (χ2n) is 4.69. The number of nitrogens with two attached hydrogens (primary N) is 2. The summed E-state index contributed by atoms with van der Waals surface area (Å²) in [4.78, 5) is 35.8. The topological polar surface area (TPSA) is 189 Å². The maximum absolute atomic E-state index is 11.9. The van der Waals surface area contributed by atoms with Crippen LogP contribution in [0.15, 0.2) is 29.3 Å². The van der Waals surface area contributed by atoms with E-state index < -0.39 is 21.9 Å². The van der Waals surface area contributed by atoms with Gasteiger partial charge in [-0.2, -0.15) is 0 Å². The van der Waals surface area contributed by atoms with E-state index in [4.69, 9.17) is 16.7 Å². The molecule has 0 fully saturated rings. The van der Waals surface area contributed by atoms with Crippen LogP contribution in [0.5, 0.6) is 0 Å². The van der Waals surface area contributed by atoms with Gasteiger partial charge in [-0.1, -0.05) is 0 Å². The minimum Gasteiger partial charge on any atom is -0.365 e. The van der Waals surface area contributed by atoms with Gasteiger partial charge in [0, 0.05) is 24.4 Å². The number of guanidine groups is 1. The highest BCUT2D eigenvalue weighted by Crippen LogP contribution is 2.15. The number of nitro groups is 1. The van der Waals surface area contributed by atoms with Crippen molar-refractivity contribution in [3.05, 3.63) is 39.3 Å². The van der Waals surface area contributed by atoms with Crippen molar-refractivity contribution in [3.8, 4) is 0 Å². The lowest BCUT2D eigenvalue weighted by Gasteiger charge is -2.11. The molecule has 0 aliphatic carbocycles. The number of benzene rings is 1. The minimum atomic E-state index is -0.807. The van der Waals surface area contributed by atoms with Crippen LogP contribution < -0.4 is 22.2 Å². The molecule has 0 saturated heterocycles. The lowest BCUT2D eigenvalue weighted by Crippen LogP contribution is -2.37. The van der Waals surface area contributed by atoms with Crippen LogP contribution in [0.25, 0.3) is 0 Å². The SMILES string of the molecule is NC(=NCCCC(N)C(=O)Nc1ccc([N+](=O)[O-])cc1)N[N+](=O)O. The summed E-state index contributed by atoms with van der Waals surface area (Å²) >= 11 is 0. The Balaban J connectivity index is 2.39. The van der Waals surface area contributed by atoms with Gasteiger partial charge in [0.15, 0.2) is 0 Å². The van der Waals surface area contributed by atoms with Crippen LogP contribution in [0.2, 0.25) is 0 Å². The van der Waals surface area contributed by atoms with Gasteiger partial charge in [-0.15, -0.1) is 0 Å². The summed E-state index contributed by atoms with van der Waals surface area (Å²) < 4.78 is 0. The maximum Gasteiger partial charge on any atom is 0.362 e. The fourth-order valence-corrected chi connectivity index (χ4v) is 1.68. The number of anilines is 1. The summed E-state index contributed by atoms with van der Waals surface area (Å²) in [7, 11) is 0. The predicted molar refractivity (Wildman–Crippen MR) is 84.0 cm³/mol. The van der Waals surface area contributed by atoms with E-state index in [9.17, 15) is 19.8 Å². The number of carbonyl (C=O) groups is 1. The molecule has 1 rings (SSSR count). The van der Waals surface area contributed by atoms with Gasteiger partial charge in [0.25, 0.3) is 11.6 Å². The van der Waals surface area contributed by atoms with Gasteiger partial charge in [-0.25, -0.2) is 10.2 Å². The summed E-state index contributed by atoms with van der Waals surface area (Å²) in [6.45, 7) is 0.200.